The van der Waals surface area contributed by atoms with Crippen LogP contribution in [0.1, 0.15) is 54.9 Å². The second-order valence-electron chi connectivity index (χ2n) is 10.2. The predicted octanol–water partition coefficient (Wildman–Crippen LogP) is 5.00. The van der Waals surface area contributed by atoms with Crippen molar-refractivity contribution in [3.05, 3.63) is 53.3 Å². The summed E-state index contributed by atoms with van der Waals surface area (Å²) in [7, 11) is -3.71. The van der Waals surface area contributed by atoms with Gasteiger partial charge < -0.3 is 23.7 Å². The quantitative estimate of drug-likeness (QED) is 0.167. The molecule has 42 heavy (non-hydrogen) atoms. The van der Waals surface area contributed by atoms with E-state index in [1.54, 1.807) is 25.1 Å². The zero-order valence-electron chi connectivity index (χ0n) is 23.9. The lowest BCUT2D eigenvalue weighted by molar-refractivity contribution is -0.150. The molecule has 1 aromatic heterocycles. The average molecular weight is 606 g/mol. The van der Waals surface area contributed by atoms with Gasteiger partial charge in [0.15, 0.2) is 11.9 Å². The van der Waals surface area contributed by atoms with Crippen LogP contribution in [-0.4, -0.2) is 77.2 Å². The summed E-state index contributed by atoms with van der Waals surface area (Å²) in [6, 6.07) is 9.24. The molecule has 1 N–H and O–H groups in total. The average Bonchev–Trinajstić information content (AvgIpc) is 3.73. The number of nitrogens with zero attached hydrogens (tertiary/aromatic N) is 1. The van der Waals surface area contributed by atoms with E-state index in [0.717, 1.165) is 24.7 Å². The van der Waals surface area contributed by atoms with Crippen molar-refractivity contribution in [2.45, 2.75) is 45.1 Å². The summed E-state index contributed by atoms with van der Waals surface area (Å²) in [5.74, 6) is -1.10. The number of Topliss-reactive ketones (excluding diaryl/α,β-unsaturated/α-hetero) is 1. The SMILES string of the molecule is CCC(=O)c1c(-c2ccc(F)cc2)oc2cc(N(CCOCCOCCOC(C)C(=O)O)S(C)(=O)=O)c(C3CC3)cc12. The van der Waals surface area contributed by atoms with Gasteiger partial charge in [-0.3, -0.25) is 9.10 Å². The van der Waals surface area contributed by atoms with E-state index in [2.05, 4.69) is 0 Å². The van der Waals surface area contributed by atoms with Gasteiger partial charge in [-0.05, 0) is 61.6 Å². The number of hydrogen-bond acceptors (Lipinski definition) is 8. The number of carbonyl (C=O) groups is 2. The van der Waals surface area contributed by atoms with Crippen molar-refractivity contribution >= 4 is 38.4 Å². The number of fused-ring (bicyclic) bond motifs is 1. The molecule has 10 nitrogen and oxygen atoms in total. The molecule has 1 atom stereocenters. The van der Waals surface area contributed by atoms with Crippen LogP contribution in [0.4, 0.5) is 10.1 Å². The third kappa shape index (κ3) is 7.74. The molecule has 1 aliphatic carbocycles. The number of ketones is 1. The number of sulfonamides is 1. The van der Waals surface area contributed by atoms with Crippen LogP contribution in [0.5, 0.6) is 0 Å². The molecular weight excluding hydrogens is 569 g/mol. The van der Waals surface area contributed by atoms with Gasteiger partial charge in [-0.25, -0.2) is 17.6 Å². The molecule has 1 aliphatic rings. The van der Waals surface area contributed by atoms with Crippen LogP contribution in [0.25, 0.3) is 22.3 Å². The highest BCUT2D eigenvalue weighted by atomic mass is 32.2. The first kappa shape index (κ1) is 31.6. The van der Waals surface area contributed by atoms with E-state index in [-0.39, 0.29) is 57.7 Å². The molecule has 0 bridgehead atoms. The molecule has 0 amide bonds. The van der Waals surface area contributed by atoms with Crippen LogP contribution in [0.3, 0.4) is 0 Å². The predicted molar refractivity (Wildman–Crippen MR) is 155 cm³/mol. The van der Waals surface area contributed by atoms with E-state index in [0.29, 0.717) is 33.5 Å². The maximum Gasteiger partial charge on any atom is 0.332 e. The molecule has 0 spiro atoms. The summed E-state index contributed by atoms with van der Waals surface area (Å²) in [6.07, 6.45) is 2.26. The zero-order valence-corrected chi connectivity index (χ0v) is 24.7. The largest absolute Gasteiger partial charge is 0.479 e. The first-order valence-corrected chi connectivity index (χ1v) is 15.7. The summed E-state index contributed by atoms with van der Waals surface area (Å²) < 4.78 is 63.1. The van der Waals surface area contributed by atoms with Crippen LogP contribution in [0.15, 0.2) is 40.8 Å². The second-order valence-corrected chi connectivity index (χ2v) is 12.1. The lowest BCUT2D eigenvalue weighted by Crippen LogP contribution is -2.34. The number of aliphatic carboxylic acids is 1. The number of carbonyl (C=O) groups excluding carboxylic acids is 1. The van der Waals surface area contributed by atoms with Crippen LogP contribution in [0, 0.1) is 5.82 Å². The minimum absolute atomic E-state index is 0.0512. The lowest BCUT2D eigenvalue weighted by Gasteiger charge is -2.25. The van der Waals surface area contributed by atoms with Crippen LogP contribution >= 0.6 is 0 Å². The lowest BCUT2D eigenvalue weighted by atomic mass is 9.97. The third-order valence-electron chi connectivity index (χ3n) is 6.98. The van der Waals surface area contributed by atoms with E-state index in [4.69, 9.17) is 23.7 Å². The van der Waals surface area contributed by atoms with Crippen LogP contribution in [0.2, 0.25) is 0 Å². The number of anilines is 1. The highest BCUT2D eigenvalue weighted by Crippen LogP contribution is 2.48. The summed E-state index contributed by atoms with van der Waals surface area (Å²) >= 11 is 0. The smallest absolute Gasteiger partial charge is 0.332 e. The Balaban J connectivity index is 1.53. The highest BCUT2D eigenvalue weighted by molar-refractivity contribution is 7.92. The summed E-state index contributed by atoms with van der Waals surface area (Å²) in [5.41, 5.74) is 2.63. The number of furan rings is 1. The first-order chi connectivity index (χ1) is 20.0. The van der Waals surface area contributed by atoms with E-state index in [1.165, 1.54) is 23.4 Å². The fourth-order valence-electron chi connectivity index (χ4n) is 4.63. The monoisotopic (exact) mass is 605 g/mol. The highest BCUT2D eigenvalue weighted by Gasteiger charge is 2.33. The van der Waals surface area contributed by atoms with Gasteiger partial charge >= 0.3 is 5.97 Å². The van der Waals surface area contributed by atoms with E-state index >= 15 is 0 Å². The van der Waals surface area contributed by atoms with Gasteiger partial charge in [0.1, 0.15) is 17.2 Å². The minimum atomic E-state index is -3.71. The number of benzene rings is 2. The van der Waals surface area contributed by atoms with Crippen molar-refractivity contribution in [2.75, 3.05) is 50.1 Å². The fraction of sp³-hybridized carbons (Fsp3) is 0.467. The Morgan fingerprint density at radius 1 is 1.07 bits per heavy atom. The van der Waals surface area contributed by atoms with Gasteiger partial charge in [-0.15, -0.1) is 0 Å². The van der Waals surface area contributed by atoms with Gasteiger partial charge in [0.05, 0.1) is 57.1 Å². The third-order valence-corrected chi connectivity index (χ3v) is 8.16. The standard InChI is InChI=1S/C30H36FNO9S/c1-4-26(33)28-24-17-23(20-5-6-20)25(18-27(24)41-29(28)21-7-9-22(31)10-8-21)32(42(3,36)37)11-12-38-13-14-39-15-16-40-19(2)30(34)35/h7-10,17-20H,4-6,11-16H2,1-3H3,(H,34,35). The second kappa shape index (κ2) is 13.8. The molecule has 1 saturated carbocycles. The molecule has 0 aliphatic heterocycles. The van der Waals surface area contributed by atoms with Gasteiger partial charge in [0, 0.05) is 23.4 Å². The van der Waals surface area contributed by atoms with Crippen molar-refractivity contribution in [1.29, 1.82) is 0 Å². The van der Waals surface area contributed by atoms with Gasteiger partial charge in [-0.1, -0.05) is 6.92 Å². The Labute approximate surface area is 244 Å². The molecule has 0 radical (unpaired) electrons. The van der Waals surface area contributed by atoms with Gasteiger partial charge in [0.2, 0.25) is 10.0 Å². The molecule has 1 fully saturated rings. The number of halogens is 1. The molecule has 2 aromatic carbocycles. The van der Waals surface area contributed by atoms with Crippen molar-refractivity contribution < 1.29 is 46.1 Å². The summed E-state index contributed by atoms with van der Waals surface area (Å²) in [5, 5.41) is 9.41. The molecule has 0 saturated heterocycles. The Morgan fingerprint density at radius 3 is 2.31 bits per heavy atom. The van der Waals surface area contributed by atoms with E-state index < -0.39 is 27.9 Å². The van der Waals surface area contributed by atoms with Crippen molar-refractivity contribution in [1.82, 2.24) is 0 Å². The molecule has 12 heteroatoms. The normalized spacial score (nSPS) is 14.3. The molecule has 228 valence electrons. The van der Waals surface area contributed by atoms with Gasteiger partial charge in [-0.2, -0.15) is 0 Å². The van der Waals surface area contributed by atoms with Crippen LogP contribution < -0.4 is 4.31 Å². The number of carboxylic acids is 1. The zero-order chi connectivity index (χ0) is 30.4. The molecule has 1 unspecified atom stereocenters. The first-order valence-electron chi connectivity index (χ1n) is 13.9. The van der Waals surface area contributed by atoms with E-state index in [9.17, 15) is 22.4 Å². The summed E-state index contributed by atoms with van der Waals surface area (Å²) in [4.78, 5) is 23.8. The molecular formula is C30H36FNO9S. The summed E-state index contributed by atoms with van der Waals surface area (Å²) in [6.45, 7) is 4.12. The Bertz CT molecular complexity index is 1510. The topological polar surface area (TPSA) is 133 Å². The van der Waals surface area contributed by atoms with Crippen molar-refractivity contribution in [3.8, 4) is 11.3 Å². The number of ether oxygens (including phenoxy) is 3. The maximum atomic E-state index is 13.6. The van der Waals surface area contributed by atoms with Crippen LogP contribution in [-0.2, 0) is 29.0 Å². The van der Waals surface area contributed by atoms with Crippen molar-refractivity contribution in [2.24, 2.45) is 0 Å². The Kier molecular flexibility index (Phi) is 10.4. The van der Waals surface area contributed by atoms with E-state index in [1.807, 2.05) is 6.07 Å². The van der Waals surface area contributed by atoms with Crippen molar-refractivity contribution in [3.63, 3.8) is 0 Å². The molecule has 1 heterocycles. The number of rotatable bonds is 17. The Hall–Kier alpha value is -3.32. The maximum absolute atomic E-state index is 13.6. The minimum Gasteiger partial charge on any atom is -0.479 e. The number of carboxylic acid groups (broad SMARTS) is 1. The number of hydrogen-bond donors (Lipinski definition) is 1. The molecule has 3 aromatic rings. The molecule has 4 rings (SSSR count). The Morgan fingerprint density at radius 2 is 1.71 bits per heavy atom. The van der Waals surface area contributed by atoms with Gasteiger partial charge in [0.25, 0.3) is 0 Å². The fourth-order valence-corrected chi connectivity index (χ4v) is 5.56.